The molecule has 112 valence electrons. The summed E-state index contributed by atoms with van der Waals surface area (Å²) in [4.78, 5) is 11.6. The van der Waals surface area contributed by atoms with Crippen LogP contribution in [-0.4, -0.2) is 36.9 Å². The number of hydrogen-bond acceptors (Lipinski definition) is 4. The molecular formula is C13H19NO4S2. The lowest BCUT2D eigenvalue weighted by Crippen LogP contribution is -2.49. The molecule has 0 aromatic carbocycles. The van der Waals surface area contributed by atoms with Gasteiger partial charge in [0.2, 0.25) is 0 Å². The summed E-state index contributed by atoms with van der Waals surface area (Å²) >= 11 is 1.17. The molecule has 1 unspecified atom stereocenters. The highest BCUT2D eigenvalue weighted by Crippen LogP contribution is 2.37. The van der Waals surface area contributed by atoms with E-state index in [4.69, 9.17) is 0 Å². The zero-order chi connectivity index (χ0) is 14.8. The molecule has 1 N–H and O–H groups in total. The Morgan fingerprint density at radius 3 is 2.85 bits per heavy atom. The minimum Gasteiger partial charge on any atom is -0.481 e. The molecule has 0 radical (unpaired) electrons. The van der Waals surface area contributed by atoms with Crippen molar-refractivity contribution in [2.45, 2.75) is 36.8 Å². The number of hydrogen-bond donors (Lipinski definition) is 1. The minimum atomic E-state index is -3.55. The van der Waals surface area contributed by atoms with Gasteiger partial charge in [-0.15, -0.1) is 11.3 Å². The molecule has 0 spiro atoms. The SMILES string of the molecule is CCCC1(C(=O)O)CCCN(S(=O)(=O)c2cccs2)C1. The molecule has 0 bridgehead atoms. The van der Waals surface area contributed by atoms with Gasteiger partial charge in [-0.3, -0.25) is 4.79 Å². The number of rotatable bonds is 5. The fourth-order valence-electron chi connectivity index (χ4n) is 2.80. The number of thiophene rings is 1. The topological polar surface area (TPSA) is 74.7 Å². The van der Waals surface area contributed by atoms with Crippen LogP contribution in [0.1, 0.15) is 32.6 Å². The Kier molecular flexibility index (Phi) is 4.51. The van der Waals surface area contributed by atoms with Crippen LogP contribution in [0.3, 0.4) is 0 Å². The fraction of sp³-hybridized carbons (Fsp3) is 0.615. The van der Waals surface area contributed by atoms with Gasteiger partial charge in [0.1, 0.15) is 4.21 Å². The first-order valence-electron chi connectivity index (χ1n) is 6.69. The number of carboxylic acid groups (broad SMARTS) is 1. The van der Waals surface area contributed by atoms with E-state index in [-0.39, 0.29) is 10.8 Å². The summed E-state index contributed by atoms with van der Waals surface area (Å²) in [5, 5.41) is 11.2. The standard InChI is InChI=1S/C13H19NO4S2/c1-2-6-13(12(15)16)7-4-8-14(10-13)20(17,18)11-5-3-9-19-11/h3,5,9H,2,4,6-8,10H2,1H3,(H,15,16). The van der Waals surface area contributed by atoms with E-state index in [9.17, 15) is 18.3 Å². The third kappa shape index (κ3) is 2.75. The van der Waals surface area contributed by atoms with E-state index in [0.717, 1.165) is 6.42 Å². The quantitative estimate of drug-likeness (QED) is 0.905. The molecule has 7 heteroatoms. The maximum Gasteiger partial charge on any atom is 0.310 e. The monoisotopic (exact) mass is 317 g/mol. The van der Waals surface area contributed by atoms with E-state index in [1.165, 1.54) is 15.6 Å². The molecule has 0 aliphatic carbocycles. The van der Waals surface area contributed by atoms with Gasteiger partial charge in [-0.05, 0) is 30.7 Å². The van der Waals surface area contributed by atoms with E-state index in [0.29, 0.717) is 25.8 Å². The number of piperidine rings is 1. The van der Waals surface area contributed by atoms with Crippen LogP contribution in [0, 0.1) is 5.41 Å². The first kappa shape index (κ1) is 15.5. The Labute approximate surface area is 123 Å². The van der Waals surface area contributed by atoms with E-state index < -0.39 is 21.4 Å². The lowest BCUT2D eigenvalue weighted by molar-refractivity contribution is -0.151. The molecule has 1 aliphatic heterocycles. The molecule has 1 saturated heterocycles. The third-order valence-electron chi connectivity index (χ3n) is 3.81. The molecular weight excluding hydrogens is 298 g/mol. The van der Waals surface area contributed by atoms with Crippen molar-refractivity contribution in [1.29, 1.82) is 0 Å². The summed E-state index contributed by atoms with van der Waals surface area (Å²) in [6.45, 7) is 2.41. The minimum absolute atomic E-state index is 0.0798. The van der Waals surface area contributed by atoms with Crippen molar-refractivity contribution in [1.82, 2.24) is 4.31 Å². The van der Waals surface area contributed by atoms with E-state index in [1.54, 1.807) is 17.5 Å². The predicted molar refractivity (Wildman–Crippen MR) is 77.3 cm³/mol. The molecule has 1 fully saturated rings. The Morgan fingerprint density at radius 1 is 1.55 bits per heavy atom. The van der Waals surface area contributed by atoms with Crippen molar-refractivity contribution in [3.05, 3.63) is 17.5 Å². The average molecular weight is 317 g/mol. The summed E-state index contributed by atoms with van der Waals surface area (Å²) < 4.78 is 26.6. The van der Waals surface area contributed by atoms with Crippen LogP contribution in [-0.2, 0) is 14.8 Å². The number of aliphatic carboxylic acids is 1. The van der Waals surface area contributed by atoms with Gasteiger partial charge in [0.25, 0.3) is 10.0 Å². The van der Waals surface area contributed by atoms with Crippen LogP contribution in [0.25, 0.3) is 0 Å². The van der Waals surface area contributed by atoms with Crippen LogP contribution < -0.4 is 0 Å². The normalized spacial score (nSPS) is 24.6. The molecule has 0 amide bonds. The second-order valence-corrected chi connectivity index (χ2v) is 8.32. The van der Waals surface area contributed by atoms with Gasteiger partial charge in [-0.1, -0.05) is 19.4 Å². The summed E-state index contributed by atoms with van der Waals surface area (Å²) in [6, 6.07) is 3.26. The third-order valence-corrected chi connectivity index (χ3v) is 7.03. The zero-order valence-electron chi connectivity index (χ0n) is 11.4. The van der Waals surface area contributed by atoms with Crippen LogP contribution in [0.2, 0.25) is 0 Å². The molecule has 20 heavy (non-hydrogen) atoms. The Balaban J connectivity index is 2.28. The number of carbonyl (C=O) groups is 1. The zero-order valence-corrected chi connectivity index (χ0v) is 13.0. The molecule has 1 aliphatic rings. The average Bonchev–Trinajstić information content (AvgIpc) is 2.93. The van der Waals surface area contributed by atoms with E-state index in [1.807, 2.05) is 6.92 Å². The highest BCUT2D eigenvalue weighted by atomic mass is 32.2. The fourth-order valence-corrected chi connectivity index (χ4v) is 5.51. The van der Waals surface area contributed by atoms with Crippen LogP contribution >= 0.6 is 11.3 Å². The van der Waals surface area contributed by atoms with Crippen molar-refractivity contribution in [2.75, 3.05) is 13.1 Å². The number of nitrogens with zero attached hydrogens (tertiary/aromatic N) is 1. The van der Waals surface area contributed by atoms with Crippen molar-refractivity contribution in [2.24, 2.45) is 5.41 Å². The first-order valence-corrected chi connectivity index (χ1v) is 9.01. The molecule has 2 rings (SSSR count). The van der Waals surface area contributed by atoms with Gasteiger partial charge >= 0.3 is 5.97 Å². The first-order chi connectivity index (χ1) is 9.42. The van der Waals surface area contributed by atoms with Crippen molar-refractivity contribution < 1.29 is 18.3 Å². The molecule has 1 aromatic heterocycles. The predicted octanol–water partition coefficient (Wildman–Crippen LogP) is 2.40. The molecule has 2 heterocycles. The summed E-state index contributed by atoms with van der Waals surface area (Å²) in [5.41, 5.74) is -0.933. The smallest absolute Gasteiger partial charge is 0.310 e. The Hall–Kier alpha value is -0.920. The van der Waals surface area contributed by atoms with Crippen molar-refractivity contribution in [3.63, 3.8) is 0 Å². The van der Waals surface area contributed by atoms with Crippen molar-refractivity contribution >= 4 is 27.3 Å². The van der Waals surface area contributed by atoms with Crippen LogP contribution in [0.15, 0.2) is 21.7 Å². The molecule has 0 saturated carbocycles. The van der Waals surface area contributed by atoms with Crippen LogP contribution in [0.5, 0.6) is 0 Å². The van der Waals surface area contributed by atoms with Gasteiger partial charge in [-0.25, -0.2) is 8.42 Å². The number of sulfonamides is 1. The second-order valence-electron chi connectivity index (χ2n) is 5.21. The lowest BCUT2D eigenvalue weighted by atomic mass is 9.77. The van der Waals surface area contributed by atoms with E-state index >= 15 is 0 Å². The second kappa shape index (κ2) is 5.83. The van der Waals surface area contributed by atoms with E-state index in [2.05, 4.69) is 0 Å². The maximum absolute atomic E-state index is 12.5. The highest BCUT2D eigenvalue weighted by molar-refractivity contribution is 7.91. The van der Waals surface area contributed by atoms with Gasteiger partial charge in [-0.2, -0.15) is 4.31 Å². The van der Waals surface area contributed by atoms with Crippen molar-refractivity contribution in [3.8, 4) is 0 Å². The highest BCUT2D eigenvalue weighted by Gasteiger charge is 2.45. The van der Waals surface area contributed by atoms with Gasteiger partial charge < -0.3 is 5.11 Å². The summed E-state index contributed by atoms with van der Waals surface area (Å²) in [5.74, 6) is -0.884. The Bertz CT molecular complexity index is 563. The summed E-state index contributed by atoms with van der Waals surface area (Å²) in [6.07, 6.45) is 2.39. The van der Waals surface area contributed by atoms with Gasteiger partial charge in [0, 0.05) is 13.1 Å². The van der Waals surface area contributed by atoms with Gasteiger partial charge in [0.15, 0.2) is 0 Å². The van der Waals surface area contributed by atoms with Crippen LogP contribution in [0.4, 0.5) is 0 Å². The molecule has 1 aromatic rings. The largest absolute Gasteiger partial charge is 0.481 e. The molecule has 1 atom stereocenters. The number of carboxylic acids is 1. The summed E-state index contributed by atoms with van der Waals surface area (Å²) in [7, 11) is -3.55. The lowest BCUT2D eigenvalue weighted by Gasteiger charge is -2.38. The molecule has 5 nitrogen and oxygen atoms in total. The van der Waals surface area contributed by atoms with Gasteiger partial charge in [0.05, 0.1) is 5.41 Å². The Morgan fingerprint density at radius 2 is 2.30 bits per heavy atom. The maximum atomic E-state index is 12.5.